The molecule has 126 valence electrons. The van der Waals surface area contributed by atoms with Crippen molar-refractivity contribution >= 4 is 11.6 Å². The Kier molecular flexibility index (Phi) is 3.54. The van der Waals surface area contributed by atoms with Gasteiger partial charge in [-0.15, -0.1) is 6.58 Å². The van der Waals surface area contributed by atoms with Crippen molar-refractivity contribution in [2.75, 3.05) is 0 Å². The van der Waals surface area contributed by atoms with Crippen LogP contribution in [0.15, 0.2) is 23.8 Å². The number of hydrogen-bond donors (Lipinski definition) is 1. The molecule has 3 rings (SSSR count). The van der Waals surface area contributed by atoms with E-state index in [-0.39, 0.29) is 40.8 Å². The molecule has 0 spiro atoms. The van der Waals surface area contributed by atoms with Gasteiger partial charge in [-0.05, 0) is 49.4 Å². The Bertz CT molecular complexity index is 627. The number of ketones is 2. The fourth-order valence-electron chi connectivity index (χ4n) is 5.51. The van der Waals surface area contributed by atoms with Crippen LogP contribution in [0.25, 0.3) is 0 Å². The molecule has 0 radical (unpaired) electrons. The molecule has 0 amide bonds. The highest BCUT2D eigenvalue weighted by atomic mass is 16.3. The zero-order valence-corrected chi connectivity index (χ0v) is 14.7. The molecule has 3 aliphatic rings. The number of allylic oxidation sites excluding steroid dienone is 3. The molecule has 3 aliphatic carbocycles. The Labute approximate surface area is 138 Å². The largest absolute Gasteiger partial charge is 0.393 e. The second-order valence-corrected chi connectivity index (χ2v) is 8.79. The molecule has 1 fully saturated rings. The fourth-order valence-corrected chi connectivity index (χ4v) is 5.51. The van der Waals surface area contributed by atoms with Crippen LogP contribution < -0.4 is 0 Å². The highest BCUT2D eigenvalue weighted by Gasteiger charge is 2.58. The van der Waals surface area contributed by atoms with Gasteiger partial charge in [0.05, 0.1) is 11.5 Å². The SMILES string of the molecule is C=CC1(C)CC(=O)C2=C(CCC3C2(C)CCC(O)C3(C)C)C1=O. The van der Waals surface area contributed by atoms with Crippen LogP contribution >= 0.6 is 0 Å². The molecule has 3 nitrogen and oxygen atoms in total. The van der Waals surface area contributed by atoms with E-state index in [1.54, 1.807) is 6.08 Å². The molecule has 4 atom stereocenters. The molecule has 0 aromatic heterocycles. The second kappa shape index (κ2) is 4.89. The van der Waals surface area contributed by atoms with Gasteiger partial charge in [-0.1, -0.05) is 26.8 Å². The summed E-state index contributed by atoms with van der Waals surface area (Å²) >= 11 is 0. The number of aliphatic hydroxyl groups is 1. The van der Waals surface area contributed by atoms with E-state index in [2.05, 4.69) is 27.4 Å². The first-order chi connectivity index (χ1) is 10.6. The highest BCUT2D eigenvalue weighted by molar-refractivity contribution is 6.16. The van der Waals surface area contributed by atoms with E-state index >= 15 is 0 Å². The number of carbonyl (C=O) groups excluding carboxylic acids is 2. The number of rotatable bonds is 1. The van der Waals surface area contributed by atoms with Crippen LogP contribution in [-0.2, 0) is 9.59 Å². The third-order valence-electron chi connectivity index (χ3n) is 7.07. The van der Waals surface area contributed by atoms with Gasteiger partial charge in [0.25, 0.3) is 0 Å². The van der Waals surface area contributed by atoms with Crippen LogP contribution in [0.1, 0.15) is 59.8 Å². The van der Waals surface area contributed by atoms with Crippen molar-refractivity contribution in [3.05, 3.63) is 23.8 Å². The molecule has 0 heterocycles. The van der Waals surface area contributed by atoms with Crippen molar-refractivity contribution < 1.29 is 14.7 Å². The first-order valence-corrected chi connectivity index (χ1v) is 8.71. The Hall–Kier alpha value is -1.22. The monoisotopic (exact) mass is 316 g/mol. The lowest BCUT2D eigenvalue weighted by Gasteiger charge is -2.57. The van der Waals surface area contributed by atoms with Crippen molar-refractivity contribution in [3.8, 4) is 0 Å². The first-order valence-electron chi connectivity index (χ1n) is 8.71. The van der Waals surface area contributed by atoms with Gasteiger partial charge in [0.2, 0.25) is 0 Å². The van der Waals surface area contributed by atoms with Gasteiger partial charge >= 0.3 is 0 Å². The molecule has 4 unspecified atom stereocenters. The molecular weight excluding hydrogens is 288 g/mol. The number of hydrogen-bond acceptors (Lipinski definition) is 3. The molecule has 0 saturated heterocycles. The number of carbonyl (C=O) groups is 2. The zero-order chi connectivity index (χ0) is 17.2. The minimum Gasteiger partial charge on any atom is -0.393 e. The minimum absolute atomic E-state index is 0.0886. The summed E-state index contributed by atoms with van der Waals surface area (Å²) < 4.78 is 0. The van der Waals surface area contributed by atoms with Crippen LogP contribution in [0, 0.1) is 22.2 Å². The maximum absolute atomic E-state index is 13.0. The van der Waals surface area contributed by atoms with E-state index in [4.69, 9.17) is 0 Å². The third-order valence-corrected chi connectivity index (χ3v) is 7.07. The van der Waals surface area contributed by atoms with E-state index < -0.39 is 5.41 Å². The minimum atomic E-state index is -0.747. The second-order valence-electron chi connectivity index (χ2n) is 8.79. The Balaban J connectivity index is 2.15. The molecule has 1 saturated carbocycles. The summed E-state index contributed by atoms with van der Waals surface area (Å²) in [6.07, 6.45) is 4.53. The van der Waals surface area contributed by atoms with Crippen LogP contribution in [0.2, 0.25) is 0 Å². The van der Waals surface area contributed by atoms with E-state index in [9.17, 15) is 14.7 Å². The van der Waals surface area contributed by atoms with E-state index in [1.165, 1.54) is 0 Å². The maximum atomic E-state index is 13.0. The predicted molar refractivity (Wildman–Crippen MR) is 89.8 cm³/mol. The van der Waals surface area contributed by atoms with Crippen molar-refractivity contribution in [1.82, 2.24) is 0 Å². The van der Waals surface area contributed by atoms with Gasteiger partial charge in [0, 0.05) is 17.6 Å². The van der Waals surface area contributed by atoms with Crippen LogP contribution in [0.4, 0.5) is 0 Å². The Morgan fingerprint density at radius 3 is 2.43 bits per heavy atom. The molecule has 1 N–H and O–H groups in total. The normalized spacial score (nSPS) is 43.0. The quantitative estimate of drug-likeness (QED) is 0.752. The molecule has 0 bridgehead atoms. The van der Waals surface area contributed by atoms with Crippen molar-refractivity contribution in [2.45, 2.75) is 65.9 Å². The fraction of sp³-hybridized carbons (Fsp3) is 0.700. The molecular formula is C20H28O3. The van der Waals surface area contributed by atoms with Crippen molar-refractivity contribution in [1.29, 1.82) is 0 Å². The lowest BCUT2D eigenvalue weighted by Crippen LogP contribution is -2.55. The smallest absolute Gasteiger partial charge is 0.169 e. The number of fused-ring (bicyclic) bond motifs is 2. The topological polar surface area (TPSA) is 54.4 Å². The summed E-state index contributed by atoms with van der Waals surface area (Å²) in [6, 6.07) is 0. The van der Waals surface area contributed by atoms with Crippen molar-refractivity contribution in [3.63, 3.8) is 0 Å². The summed E-state index contributed by atoms with van der Waals surface area (Å²) in [4.78, 5) is 26.0. The van der Waals surface area contributed by atoms with Crippen LogP contribution in [-0.4, -0.2) is 22.8 Å². The van der Waals surface area contributed by atoms with Gasteiger partial charge in [-0.25, -0.2) is 0 Å². The number of Topliss-reactive ketones (excluding diaryl/α,β-unsaturated/α-hetero) is 2. The van der Waals surface area contributed by atoms with E-state index in [0.717, 1.165) is 24.0 Å². The van der Waals surface area contributed by atoms with Crippen molar-refractivity contribution in [2.24, 2.45) is 22.2 Å². The zero-order valence-electron chi connectivity index (χ0n) is 14.7. The predicted octanol–water partition coefficient (Wildman–Crippen LogP) is 3.61. The average molecular weight is 316 g/mol. The van der Waals surface area contributed by atoms with E-state index in [0.29, 0.717) is 12.8 Å². The Morgan fingerprint density at radius 2 is 1.83 bits per heavy atom. The van der Waals surface area contributed by atoms with Gasteiger partial charge in [-0.2, -0.15) is 0 Å². The number of aliphatic hydroxyl groups excluding tert-OH is 1. The first kappa shape index (κ1) is 16.6. The third kappa shape index (κ3) is 2.05. The van der Waals surface area contributed by atoms with Gasteiger partial charge in [0.15, 0.2) is 11.6 Å². The summed E-state index contributed by atoms with van der Waals surface area (Å²) in [5.74, 6) is 0.439. The molecule has 3 heteroatoms. The Morgan fingerprint density at radius 1 is 1.17 bits per heavy atom. The summed E-state index contributed by atoms with van der Waals surface area (Å²) in [5, 5.41) is 10.4. The molecule has 0 aromatic rings. The van der Waals surface area contributed by atoms with E-state index in [1.807, 2.05) is 6.92 Å². The lowest BCUT2D eigenvalue weighted by atomic mass is 9.47. The average Bonchev–Trinajstić information content (AvgIpc) is 2.48. The van der Waals surface area contributed by atoms with Crippen LogP contribution in [0.3, 0.4) is 0 Å². The molecule has 0 aliphatic heterocycles. The maximum Gasteiger partial charge on any atom is 0.169 e. The standard InChI is InChI=1S/C20H28O3/c1-6-19(4)11-13(21)16-12(17(19)23)7-8-14-18(2,3)15(22)9-10-20(14,16)5/h6,14-15,22H,1,7-11H2,2-5H3. The summed E-state index contributed by atoms with van der Waals surface area (Å²) in [6.45, 7) is 12.0. The lowest BCUT2D eigenvalue weighted by molar-refractivity contribution is -0.134. The van der Waals surface area contributed by atoms with Gasteiger partial charge in [-0.3, -0.25) is 9.59 Å². The molecule has 23 heavy (non-hydrogen) atoms. The van der Waals surface area contributed by atoms with Gasteiger partial charge in [0.1, 0.15) is 0 Å². The highest BCUT2D eigenvalue weighted by Crippen LogP contribution is 2.61. The summed E-state index contributed by atoms with van der Waals surface area (Å²) in [5.41, 5.74) is 0.259. The molecule has 0 aromatic carbocycles. The van der Waals surface area contributed by atoms with Crippen LogP contribution in [0.5, 0.6) is 0 Å². The summed E-state index contributed by atoms with van der Waals surface area (Å²) in [7, 11) is 0. The van der Waals surface area contributed by atoms with Gasteiger partial charge < -0.3 is 5.11 Å².